The molecule has 0 atom stereocenters. The smallest absolute Gasteiger partial charge is 0.236 e. The first kappa shape index (κ1) is 19.7. The van der Waals surface area contributed by atoms with Crippen molar-refractivity contribution >= 4 is 18.3 Å². The number of methoxy groups -OCH3 is 1. The molecule has 1 aromatic carbocycles. The zero-order valence-electron chi connectivity index (χ0n) is 12.7. The van der Waals surface area contributed by atoms with E-state index in [1.807, 2.05) is 37.4 Å². The number of ether oxygens (including phenoxy) is 2. The molecule has 0 fully saturated rings. The summed E-state index contributed by atoms with van der Waals surface area (Å²) in [6, 6.07) is 9.69. The Labute approximate surface area is 133 Å². The van der Waals surface area contributed by atoms with E-state index in [2.05, 4.69) is 5.32 Å². The van der Waals surface area contributed by atoms with Gasteiger partial charge in [0.25, 0.3) is 0 Å². The van der Waals surface area contributed by atoms with Crippen LogP contribution in [-0.4, -0.2) is 57.8 Å². The van der Waals surface area contributed by atoms with Crippen molar-refractivity contribution in [2.24, 2.45) is 0 Å². The van der Waals surface area contributed by atoms with E-state index >= 15 is 0 Å². The molecule has 0 saturated heterocycles. The number of carbonyl (C=O) groups is 1. The predicted molar refractivity (Wildman–Crippen MR) is 86.2 cm³/mol. The maximum atomic E-state index is 11.8. The number of hydrogen-bond acceptors (Lipinski definition) is 4. The van der Waals surface area contributed by atoms with Crippen LogP contribution in [0.4, 0.5) is 0 Å². The van der Waals surface area contributed by atoms with E-state index in [-0.39, 0.29) is 18.3 Å². The third kappa shape index (κ3) is 9.28. The van der Waals surface area contributed by atoms with Gasteiger partial charge in [0.2, 0.25) is 5.91 Å². The monoisotopic (exact) mass is 316 g/mol. The molecule has 0 unspecified atom stereocenters. The summed E-state index contributed by atoms with van der Waals surface area (Å²) in [6.45, 7) is 2.95. The van der Waals surface area contributed by atoms with Gasteiger partial charge in [-0.15, -0.1) is 12.4 Å². The molecular formula is C15H25ClN2O3. The summed E-state index contributed by atoms with van der Waals surface area (Å²) in [7, 11) is 3.45. The molecule has 21 heavy (non-hydrogen) atoms. The molecule has 1 N–H and O–H groups in total. The van der Waals surface area contributed by atoms with E-state index in [0.717, 1.165) is 12.2 Å². The molecule has 0 aliphatic heterocycles. The molecule has 1 amide bonds. The SMILES string of the molecule is COCCNCC(=O)N(C)CCCOc1ccccc1.Cl. The average molecular weight is 317 g/mol. The Hall–Kier alpha value is -1.30. The third-order valence-electron chi connectivity index (χ3n) is 2.83. The number of para-hydroxylation sites is 1. The Kier molecular flexibility index (Phi) is 11.7. The summed E-state index contributed by atoms with van der Waals surface area (Å²) in [5.41, 5.74) is 0. The number of hydrogen-bond donors (Lipinski definition) is 1. The van der Waals surface area contributed by atoms with Crippen molar-refractivity contribution in [1.82, 2.24) is 10.2 Å². The topological polar surface area (TPSA) is 50.8 Å². The van der Waals surface area contributed by atoms with Gasteiger partial charge in [-0.1, -0.05) is 18.2 Å². The van der Waals surface area contributed by atoms with Gasteiger partial charge in [0.15, 0.2) is 0 Å². The summed E-state index contributed by atoms with van der Waals surface area (Å²) in [5, 5.41) is 3.04. The van der Waals surface area contributed by atoms with Crippen molar-refractivity contribution in [2.45, 2.75) is 6.42 Å². The van der Waals surface area contributed by atoms with Gasteiger partial charge >= 0.3 is 0 Å². The minimum atomic E-state index is 0. The van der Waals surface area contributed by atoms with Crippen molar-refractivity contribution < 1.29 is 14.3 Å². The lowest BCUT2D eigenvalue weighted by molar-refractivity contribution is -0.129. The molecule has 120 valence electrons. The normalized spacial score (nSPS) is 9.81. The number of rotatable bonds is 10. The molecule has 1 aromatic rings. The fourth-order valence-electron chi connectivity index (χ4n) is 1.64. The maximum absolute atomic E-state index is 11.8. The standard InChI is InChI=1S/C15H24N2O3.ClH/c1-17(15(18)13-16-9-12-19-2)10-6-11-20-14-7-4-3-5-8-14;/h3-5,7-8,16H,6,9-13H2,1-2H3;1H. The van der Waals surface area contributed by atoms with E-state index in [0.29, 0.717) is 32.8 Å². The highest BCUT2D eigenvalue weighted by Gasteiger charge is 2.07. The predicted octanol–water partition coefficient (Wildman–Crippen LogP) is 1.57. The van der Waals surface area contributed by atoms with Gasteiger partial charge in [-0.05, 0) is 18.6 Å². The fraction of sp³-hybridized carbons (Fsp3) is 0.533. The van der Waals surface area contributed by atoms with Crippen LogP contribution in [0.1, 0.15) is 6.42 Å². The summed E-state index contributed by atoms with van der Waals surface area (Å²) in [4.78, 5) is 13.5. The number of halogens is 1. The first-order chi connectivity index (χ1) is 9.74. The molecule has 0 spiro atoms. The summed E-state index contributed by atoms with van der Waals surface area (Å²) < 4.78 is 10.5. The summed E-state index contributed by atoms with van der Waals surface area (Å²) in [6.07, 6.45) is 0.815. The number of carbonyl (C=O) groups excluding carboxylic acids is 1. The highest BCUT2D eigenvalue weighted by atomic mass is 35.5. The Morgan fingerprint density at radius 3 is 2.62 bits per heavy atom. The van der Waals surface area contributed by atoms with Crippen LogP contribution in [0, 0.1) is 0 Å². The average Bonchev–Trinajstić information content (AvgIpc) is 2.48. The molecule has 5 nitrogen and oxygen atoms in total. The quantitative estimate of drug-likeness (QED) is 0.666. The van der Waals surface area contributed by atoms with Gasteiger partial charge in [-0.3, -0.25) is 4.79 Å². The zero-order chi connectivity index (χ0) is 14.6. The van der Waals surface area contributed by atoms with Gasteiger partial charge in [-0.2, -0.15) is 0 Å². The molecule has 0 aliphatic rings. The van der Waals surface area contributed by atoms with Crippen LogP contribution in [0.25, 0.3) is 0 Å². The van der Waals surface area contributed by atoms with Crippen molar-refractivity contribution in [2.75, 3.05) is 47.0 Å². The van der Waals surface area contributed by atoms with Crippen LogP contribution in [0.5, 0.6) is 5.75 Å². The van der Waals surface area contributed by atoms with Crippen LogP contribution in [-0.2, 0) is 9.53 Å². The Morgan fingerprint density at radius 2 is 1.95 bits per heavy atom. The number of nitrogens with one attached hydrogen (secondary N) is 1. The van der Waals surface area contributed by atoms with Gasteiger partial charge in [0, 0.05) is 27.2 Å². The lowest BCUT2D eigenvalue weighted by Crippen LogP contribution is -2.37. The molecule has 0 radical (unpaired) electrons. The van der Waals surface area contributed by atoms with Crippen molar-refractivity contribution in [1.29, 1.82) is 0 Å². The highest BCUT2D eigenvalue weighted by molar-refractivity contribution is 5.85. The van der Waals surface area contributed by atoms with E-state index in [9.17, 15) is 4.79 Å². The summed E-state index contributed by atoms with van der Waals surface area (Å²) in [5.74, 6) is 0.948. The number of likely N-dealkylation sites (N-methyl/N-ethyl adjacent to an activating group) is 1. The molecule has 6 heteroatoms. The number of benzene rings is 1. The first-order valence-corrected chi connectivity index (χ1v) is 6.85. The van der Waals surface area contributed by atoms with Crippen LogP contribution in [0.3, 0.4) is 0 Å². The van der Waals surface area contributed by atoms with Gasteiger partial charge in [0.1, 0.15) is 5.75 Å². The molecule has 0 aliphatic carbocycles. The van der Waals surface area contributed by atoms with E-state index in [1.54, 1.807) is 12.0 Å². The lowest BCUT2D eigenvalue weighted by Gasteiger charge is -2.17. The first-order valence-electron chi connectivity index (χ1n) is 6.85. The van der Waals surface area contributed by atoms with Gasteiger partial charge in [0.05, 0.1) is 19.8 Å². The molecule has 0 saturated carbocycles. The zero-order valence-corrected chi connectivity index (χ0v) is 13.5. The minimum absolute atomic E-state index is 0. The van der Waals surface area contributed by atoms with Crippen LogP contribution >= 0.6 is 12.4 Å². The largest absolute Gasteiger partial charge is 0.494 e. The van der Waals surface area contributed by atoms with Crippen LogP contribution in [0.15, 0.2) is 30.3 Å². The molecule has 0 aromatic heterocycles. The van der Waals surface area contributed by atoms with Crippen LogP contribution in [0.2, 0.25) is 0 Å². The summed E-state index contributed by atoms with van der Waals surface area (Å²) >= 11 is 0. The van der Waals surface area contributed by atoms with E-state index in [4.69, 9.17) is 9.47 Å². The molecule has 0 bridgehead atoms. The second-order valence-electron chi connectivity index (χ2n) is 4.50. The van der Waals surface area contributed by atoms with Gasteiger partial charge in [-0.25, -0.2) is 0 Å². The van der Waals surface area contributed by atoms with Crippen molar-refractivity contribution in [3.63, 3.8) is 0 Å². The van der Waals surface area contributed by atoms with E-state index in [1.165, 1.54) is 0 Å². The number of nitrogens with zero attached hydrogens (tertiary/aromatic N) is 1. The minimum Gasteiger partial charge on any atom is -0.494 e. The fourth-order valence-corrected chi connectivity index (χ4v) is 1.64. The van der Waals surface area contributed by atoms with Crippen LogP contribution < -0.4 is 10.1 Å². The molecule has 1 rings (SSSR count). The Morgan fingerprint density at radius 1 is 1.24 bits per heavy atom. The Bertz CT molecular complexity index is 376. The van der Waals surface area contributed by atoms with Gasteiger partial charge < -0.3 is 19.7 Å². The molecular weight excluding hydrogens is 292 g/mol. The lowest BCUT2D eigenvalue weighted by atomic mass is 10.3. The molecule has 0 heterocycles. The van der Waals surface area contributed by atoms with Crippen molar-refractivity contribution in [3.05, 3.63) is 30.3 Å². The Balaban J connectivity index is 0.00000400. The van der Waals surface area contributed by atoms with E-state index < -0.39 is 0 Å². The number of amides is 1. The van der Waals surface area contributed by atoms with Crippen molar-refractivity contribution in [3.8, 4) is 5.75 Å². The second kappa shape index (κ2) is 12.4. The maximum Gasteiger partial charge on any atom is 0.236 e. The second-order valence-corrected chi connectivity index (χ2v) is 4.50. The highest BCUT2D eigenvalue weighted by Crippen LogP contribution is 2.08. The third-order valence-corrected chi connectivity index (χ3v) is 2.83.